The Hall–Kier alpha value is -1.18. The van der Waals surface area contributed by atoms with E-state index in [1.54, 1.807) is 12.1 Å². The van der Waals surface area contributed by atoms with Gasteiger partial charge < -0.3 is 10.1 Å². The van der Waals surface area contributed by atoms with E-state index in [1.165, 1.54) is 10.5 Å². The quantitative estimate of drug-likeness (QED) is 0.907. The average Bonchev–Trinajstić information content (AvgIpc) is 2.42. The molecule has 1 saturated heterocycles. The van der Waals surface area contributed by atoms with Crippen molar-refractivity contribution in [2.24, 2.45) is 0 Å². The Labute approximate surface area is 120 Å². The molecule has 0 aliphatic carbocycles. The van der Waals surface area contributed by atoms with Crippen molar-refractivity contribution in [3.63, 3.8) is 0 Å². The van der Waals surface area contributed by atoms with Gasteiger partial charge in [0.25, 0.3) is 10.0 Å². The first kappa shape index (κ1) is 15.2. The minimum Gasteiger partial charge on any atom is -0.383 e. The molecule has 2 atom stereocenters. The Morgan fingerprint density at radius 3 is 2.95 bits per heavy atom. The molecule has 1 N–H and O–H groups in total. The largest absolute Gasteiger partial charge is 0.383 e. The van der Waals surface area contributed by atoms with Crippen LogP contribution in [0.25, 0.3) is 0 Å². The molecule has 20 heavy (non-hydrogen) atoms. The standard InChI is InChI=1S/C13H21N3O3S/c1-4-14-12-6-5-7-15-13(12)20(17,18)16-8-11(3)19-9-10(16)2/h5-7,10-11,14H,4,8-9H2,1-3H3. The van der Waals surface area contributed by atoms with Crippen LogP contribution in [0.3, 0.4) is 0 Å². The van der Waals surface area contributed by atoms with E-state index in [2.05, 4.69) is 10.3 Å². The summed E-state index contributed by atoms with van der Waals surface area (Å²) in [7, 11) is -3.62. The van der Waals surface area contributed by atoms with Gasteiger partial charge in [0, 0.05) is 25.3 Å². The van der Waals surface area contributed by atoms with Crippen LogP contribution in [0.5, 0.6) is 0 Å². The lowest BCUT2D eigenvalue weighted by atomic mass is 10.2. The molecule has 0 saturated carbocycles. The van der Waals surface area contributed by atoms with Crippen molar-refractivity contribution in [3.05, 3.63) is 18.3 Å². The molecule has 1 aromatic rings. The molecule has 1 fully saturated rings. The summed E-state index contributed by atoms with van der Waals surface area (Å²) in [6.07, 6.45) is 1.40. The Morgan fingerprint density at radius 2 is 2.25 bits per heavy atom. The van der Waals surface area contributed by atoms with Crippen LogP contribution in [0.1, 0.15) is 20.8 Å². The molecule has 1 aliphatic rings. The number of sulfonamides is 1. The molecule has 1 aliphatic heterocycles. The predicted molar refractivity (Wildman–Crippen MR) is 77.2 cm³/mol. The molecular formula is C13H21N3O3S. The first-order valence-electron chi connectivity index (χ1n) is 6.79. The maximum Gasteiger partial charge on any atom is 0.263 e. The Morgan fingerprint density at radius 1 is 1.50 bits per heavy atom. The molecule has 112 valence electrons. The predicted octanol–water partition coefficient (Wildman–Crippen LogP) is 1.31. The Bertz CT molecular complexity index is 562. The van der Waals surface area contributed by atoms with Crippen molar-refractivity contribution < 1.29 is 13.2 Å². The maximum atomic E-state index is 12.8. The second-order valence-electron chi connectivity index (χ2n) is 4.95. The highest BCUT2D eigenvalue weighted by Crippen LogP contribution is 2.26. The zero-order valence-corrected chi connectivity index (χ0v) is 12.9. The summed E-state index contributed by atoms with van der Waals surface area (Å²) in [4.78, 5) is 4.07. The summed E-state index contributed by atoms with van der Waals surface area (Å²) in [6, 6.07) is 3.27. The van der Waals surface area contributed by atoms with Gasteiger partial charge in [-0.3, -0.25) is 0 Å². The minimum atomic E-state index is -3.62. The van der Waals surface area contributed by atoms with Gasteiger partial charge in [0.2, 0.25) is 0 Å². The molecular weight excluding hydrogens is 278 g/mol. The van der Waals surface area contributed by atoms with Gasteiger partial charge in [-0.05, 0) is 32.9 Å². The first-order chi connectivity index (χ1) is 9.46. The molecule has 0 bridgehead atoms. The second kappa shape index (κ2) is 6.07. The summed E-state index contributed by atoms with van der Waals surface area (Å²) in [5.74, 6) is 0. The molecule has 0 spiro atoms. The van der Waals surface area contributed by atoms with Gasteiger partial charge in [0.15, 0.2) is 5.03 Å². The third kappa shape index (κ3) is 2.94. The van der Waals surface area contributed by atoms with E-state index in [0.29, 0.717) is 25.4 Å². The van der Waals surface area contributed by atoms with E-state index < -0.39 is 10.0 Å². The molecule has 0 amide bonds. The van der Waals surface area contributed by atoms with Gasteiger partial charge in [-0.25, -0.2) is 13.4 Å². The second-order valence-corrected chi connectivity index (χ2v) is 6.76. The number of rotatable bonds is 4. The first-order valence-corrected chi connectivity index (χ1v) is 8.23. The molecule has 0 aromatic carbocycles. The topological polar surface area (TPSA) is 71.5 Å². The third-order valence-electron chi connectivity index (χ3n) is 3.24. The maximum absolute atomic E-state index is 12.8. The van der Waals surface area contributed by atoms with Crippen molar-refractivity contribution in [2.75, 3.05) is 25.0 Å². The number of hydrogen-bond donors (Lipinski definition) is 1. The zero-order valence-electron chi connectivity index (χ0n) is 12.0. The monoisotopic (exact) mass is 299 g/mol. The van der Waals surface area contributed by atoms with Gasteiger partial charge in [0.05, 0.1) is 18.4 Å². The van der Waals surface area contributed by atoms with Gasteiger partial charge in [0.1, 0.15) is 0 Å². The molecule has 0 radical (unpaired) electrons. The van der Waals surface area contributed by atoms with Gasteiger partial charge in [-0.2, -0.15) is 4.31 Å². The van der Waals surface area contributed by atoms with E-state index in [4.69, 9.17) is 4.74 Å². The molecule has 2 unspecified atom stereocenters. The van der Waals surface area contributed by atoms with E-state index in [9.17, 15) is 8.42 Å². The van der Waals surface area contributed by atoms with Crippen molar-refractivity contribution in [2.45, 2.75) is 37.9 Å². The molecule has 6 nitrogen and oxygen atoms in total. The lowest BCUT2D eigenvalue weighted by Crippen LogP contribution is -2.50. The van der Waals surface area contributed by atoms with Crippen LogP contribution in [0, 0.1) is 0 Å². The number of morpholine rings is 1. The average molecular weight is 299 g/mol. The number of nitrogens with one attached hydrogen (secondary N) is 1. The zero-order chi connectivity index (χ0) is 14.8. The Kier molecular flexibility index (Phi) is 4.62. The normalized spacial score (nSPS) is 24.6. The number of anilines is 1. The summed E-state index contributed by atoms with van der Waals surface area (Å²) >= 11 is 0. The number of aromatic nitrogens is 1. The van der Waals surface area contributed by atoms with Crippen molar-refractivity contribution in [1.29, 1.82) is 0 Å². The van der Waals surface area contributed by atoms with Crippen LogP contribution in [0.4, 0.5) is 5.69 Å². The van der Waals surface area contributed by atoms with Crippen molar-refractivity contribution >= 4 is 15.7 Å². The lowest BCUT2D eigenvalue weighted by molar-refractivity contribution is -0.0171. The molecule has 2 heterocycles. The van der Waals surface area contributed by atoms with E-state index in [0.717, 1.165) is 0 Å². The van der Waals surface area contributed by atoms with Gasteiger partial charge in [-0.1, -0.05) is 0 Å². The van der Waals surface area contributed by atoms with E-state index in [1.807, 2.05) is 20.8 Å². The fourth-order valence-electron chi connectivity index (χ4n) is 2.24. The van der Waals surface area contributed by atoms with Crippen LogP contribution in [0.15, 0.2) is 23.4 Å². The fraction of sp³-hybridized carbons (Fsp3) is 0.615. The number of hydrogen-bond acceptors (Lipinski definition) is 5. The van der Waals surface area contributed by atoms with Crippen molar-refractivity contribution in [3.8, 4) is 0 Å². The minimum absolute atomic E-state index is 0.0859. The highest BCUT2D eigenvalue weighted by atomic mass is 32.2. The fourth-order valence-corrected chi connectivity index (χ4v) is 4.02. The highest BCUT2D eigenvalue weighted by molar-refractivity contribution is 7.89. The SMILES string of the molecule is CCNc1cccnc1S(=O)(=O)N1CC(C)OCC1C. The third-order valence-corrected chi connectivity index (χ3v) is 5.18. The van der Waals surface area contributed by atoms with Crippen LogP contribution in [-0.2, 0) is 14.8 Å². The number of nitrogens with zero attached hydrogens (tertiary/aromatic N) is 2. The number of ether oxygens (including phenoxy) is 1. The summed E-state index contributed by atoms with van der Waals surface area (Å²) in [6.45, 7) is 7.04. The lowest BCUT2D eigenvalue weighted by Gasteiger charge is -2.35. The van der Waals surface area contributed by atoms with E-state index >= 15 is 0 Å². The summed E-state index contributed by atoms with van der Waals surface area (Å²) < 4.78 is 32.6. The Balaban J connectivity index is 2.39. The number of pyridine rings is 1. The molecule has 1 aromatic heterocycles. The van der Waals surface area contributed by atoms with E-state index in [-0.39, 0.29) is 17.2 Å². The molecule has 7 heteroatoms. The summed E-state index contributed by atoms with van der Waals surface area (Å²) in [5.41, 5.74) is 0.543. The smallest absolute Gasteiger partial charge is 0.263 e. The van der Waals surface area contributed by atoms with Crippen LogP contribution in [-0.4, -0.2) is 49.5 Å². The van der Waals surface area contributed by atoms with Crippen LogP contribution in [0.2, 0.25) is 0 Å². The van der Waals surface area contributed by atoms with Gasteiger partial charge >= 0.3 is 0 Å². The van der Waals surface area contributed by atoms with Crippen molar-refractivity contribution in [1.82, 2.24) is 9.29 Å². The van der Waals surface area contributed by atoms with Crippen LogP contribution >= 0.6 is 0 Å². The van der Waals surface area contributed by atoms with Gasteiger partial charge in [-0.15, -0.1) is 0 Å². The highest BCUT2D eigenvalue weighted by Gasteiger charge is 2.36. The summed E-state index contributed by atoms with van der Waals surface area (Å²) in [5, 5.41) is 3.13. The van der Waals surface area contributed by atoms with Crippen LogP contribution < -0.4 is 5.32 Å². The molecule has 2 rings (SSSR count).